The highest BCUT2D eigenvalue weighted by molar-refractivity contribution is 7.88. The predicted molar refractivity (Wildman–Crippen MR) is 116 cm³/mol. The number of sulfonamides is 1. The molecule has 0 atom stereocenters. The van der Waals surface area contributed by atoms with Crippen molar-refractivity contribution in [2.45, 2.75) is 24.5 Å². The number of benzene rings is 1. The van der Waals surface area contributed by atoms with Crippen LogP contribution in [0.3, 0.4) is 0 Å². The Balaban J connectivity index is 1.76. The molecule has 32 heavy (non-hydrogen) atoms. The average molecular weight is 456 g/mol. The molecular formula is C21H22FN7O2S. The Morgan fingerprint density at radius 3 is 2.56 bits per heavy atom. The zero-order valence-electron chi connectivity index (χ0n) is 17.4. The van der Waals surface area contributed by atoms with Gasteiger partial charge in [-0.25, -0.2) is 18.5 Å². The van der Waals surface area contributed by atoms with Crippen molar-refractivity contribution in [3.05, 3.63) is 59.7 Å². The van der Waals surface area contributed by atoms with Gasteiger partial charge in [0, 0.05) is 43.4 Å². The molecule has 0 unspecified atom stereocenters. The normalized spacial score (nSPS) is 15.0. The fraction of sp³-hybridized carbons (Fsp3) is 0.333. The highest BCUT2D eigenvalue weighted by atomic mass is 32.2. The second-order valence-electron chi connectivity index (χ2n) is 7.85. The summed E-state index contributed by atoms with van der Waals surface area (Å²) in [7, 11) is -1.92. The van der Waals surface area contributed by atoms with Crippen LogP contribution < -0.4 is 10.0 Å². The fourth-order valence-electron chi connectivity index (χ4n) is 4.21. The van der Waals surface area contributed by atoms with Crippen molar-refractivity contribution in [3.8, 4) is 17.2 Å². The molecule has 3 aromatic rings. The van der Waals surface area contributed by atoms with Crippen LogP contribution >= 0.6 is 0 Å². The zero-order valence-corrected chi connectivity index (χ0v) is 18.3. The third-order valence-corrected chi connectivity index (χ3v) is 6.41. The van der Waals surface area contributed by atoms with E-state index >= 15 is 0 Å². The lowest BCUT2D eigenvalue weighted by atomic mass is 9.92. The molecule has 166 valence electrons. The minimum atomic E-state index is -3.83. The maximum Gasteiger partial charge on any atom is 0.213 e. The van der Waals surface area contributed by atoms with E-state index in [1.165, 1.54) is 12.3 Å². The van der Waals surface area contributed by atoms with Crippen LogP contribution in [0.25, 0.3) is 11.1 Å². The first kappa shape index (κ1) is 21.9. The van der Waals surface area contributed by atoms with Gasteiger partial charge in [0.25, 0.3) is 0 Å². The van der Waals surface area contributed by atoms with Gasteiger partial charge in [0.05, 0.1) is 17.0 Å². The largest absolute Gasteiger partial charge is 0.370 e. The molecule has 1 saturated heterocycles. The van der Waals surface area contributed by atoms with Gasteiger partial charge in [0.15, 0.2) is 0 Å². The predicted octanol–water partition coefficient (Wildman–Crippen LogP) is 2.06. The van der Waals surface area contributed by atoms with Crippen LogP contribution in [0.15, 0.2) is 36.8 Å². The van der Waals surface area contributed by atoms with Crippen LogP contribution in [0, 0.1) is 17.3 Å². The number of aryl methyl sites for hydroxylation is 1. The summed E-state index contributed by atoms with van der Waals surface area (Å²) >= 11 is 0. The van der Waals surface area contributed by atoms with E-state index < -0.39 is 21.7 Å². The van der Waals surface area contributed by atoms with Gasteiger partial charge in [-0.2, -0.15) is 9.65 Å². The third kappa shape index (κ3) is 4.46. The smallest absolute Gasteiger partial charge is 0.213 e. The lowest BCUT2D eigenvalue weighted by Gasteiger charge is -2.35. The summed E-state index contributed by atoms with van der Waals surface area (Å²) in [6.07, 6.45) is 4.66. The van der Waals surface area contributed by atoms with E-state index in [9.17, 15) is 18.1 Å². The number of halogens is 1. The minimum Gasteiger partial charge on any atom is -0.370 e. The highest BCUT2D eigenvalue weighted by Crippen LogP contribution is 2.39. The molecule has 1 aliphatic rings. The first-order chi connectivity index (χ1) is 15.3. The number of hydrogen-bond donors (Lipinski definition) is 1. The van der Waals surface area contributed by atoms with E-state index in [0.29, 0.717) is 35.5 Å². The molecule has 3 heterocycles. The van der Waals surface area contributed by atoms with Crippen LogP contribution in [0.5, 0.6) is 0 Å². The topological polar surface area (TPSA) is 131 Å². The number of primary sulfonamides is 1. The molecule has 0 spiro atoms. The van der Waals surface area contributed by atoms with Crippen LogP contribution in [-0.4, -0.2) is 41.3 Å². The van der Waals surface area contributed by atoms with E-state index in [0.717, 1.165) is 18.7 Å². The van der Waals surface area contributed by atoms with E-state index in [1.54, 1.807) is 24.5 Å². The number of aromatic nitrogens is 4. The van der Waals surface area contributed by atoms with Gasteiger partial charge in [-0.3, -0.25) is 0 Å². The second-order valence-corrected chi connectivity index (χ2v) is 9.46. The maximum atomic E-state index is 13.4. The molecular weight excluding hydrogens is 433 g/mol. The number of nitrogens with two attached hydrogens (primary N) is 1. The lowest BCUT2D eigenvalue weighted by Crippen LogP contribution is -2.34. The van der Waals surface area contributed by atoms with Gasteiger partial charge < -0.3 is 9.47 Å². The van der Waals surface area contributed by atoms with Crippen LogP contribution in [0.2, 0.25) is 0 Å². The Morgan fingerprint density at radius 2 is 2.00 bits per heavy atom. The van der Waals surface area contributed by atoms with Crippen LogP contribution in [0.4, 0.5) is 10.1 Å². The molecule has 0 saturated carbocycles. The lowest BCUT2D eigenvalue weighted by molar-refractivity contribution is 0.474. The van der Waals surface area contributed by atoms with Crippen molar-refractivity contribution < 1.29 is 12.8 Å². The Bertz CT molecular complexity index is 1270. The number of piperidine rings is 1. The van der Waals surface area contributed by atoms with Gasteiger partial charge in [-0.15, -0.1) is 10.2 Å². The van der Waals surface area contributed by atoms with Crippen molar-refractivity contribution in [1.29, 1.82) is 5.26 Å². The SMILES string of the molecule is Cn1cnnc1C1CCN(c2c(-c3ccc(F)nc3)ccc(CS(N)(=O)=O)c2C#N)CC1. The minimum absolute atomic E-state index is 0.229. The van der Waals surface area contributed by atoms with Crippen molar-refractivity contribution in [2.24, 2.45) is 12.2 Å². The van der Waals surface area contributed by atoms with E-state index in [-0.39, 0.29) is 11.5 Å². The third-order valence-electron chi connectivity index (χ3n) is 5.69. The monoisotopic (exact) mass is 455 g/mol. The standard InChI is InChI=1S/C21H22FN7O2S/c1-28-13-26-27-21(28)14-6-8-29(9-7-14)20-17(15-3-5-19(22)25-11-15)4-2-16(18(20)10-23)12-32(24,30)31/h2-5,11,13-14H,6-9,12H2,1H3,(H2,24,30,31). The molecule has 1 aromatic carbocycles. The van der Waals surface area contributed by atoms with Gasteiger partial charge in [0.2, 0.25) is 16.0 Å². The number of pyridine rings is 1. The number of anilines is 1. The fourth-order valence-corrected chi connectivity index (χ4v) is 4.89. The number of nitrogens with zero attached hydrogens (tertiary/aromatic N) is 6. The van der Waals surface area contributed by atoms with Crippen LogP contribution in [0.1, 0.15) is 35.7 Å². The summed E-state index contributed by atoms with van der Waals surface area (Å²) in [6, 6.07) is 8.33. The first-order valence-corrected chi connectivity index (χ1v) is 11.8. The molecule has 0 bridgehead atoms. The van der Waals surface area contributed by atoms with Crippen LogP contribution in [-0.2, 0) is 22.8 Å². The van der Waals surface area contributed by atoms with Crippen molar-refractivity contribution >= 4 is 15.7 Å². The summed E-state index contributed by atoms with van der Waals surface area (Å²) in [4.78, 5) is 5.80. The van der Waals surface area contributed by atoms with Gasteiger partial charge >= 0.3 is 0 Å². The summed E-state index contributed by atoms with van der Waals surface area (Å²) in [5.74, 6) is 0.0929. The zero-order chi connectivity index (χ0) is 22.9. The van der Waals surface area contributed by atoms with Gasteiger partial charge in [-0.1, -0.05) is 12.1 Å². The van der Waals surface area contributed by atoms with Gasteiger partial charge in [-0.05, 0) is 30.5 Å². The maximum absolute atomic E-state index is 13.4. The average Bonchev–Trinajstić information content (AvgIpc) is 3.19. The summed E-state index contributed by atoms with van der Waals surface area (Å²) in [5.41, 5.74) is 2.51. The molecule has 1 fully saturated rings. The first-order valence-electron chi connectivity index (χ1n) is 10.0. The Hall–Kier alpha value is -3.36. The molecule has 11 heteroatoms. The second kappa shape index (κ2) is 8.64. The van der Waals surface area contributed by atoms with Crippen molar-refractivity contribution in [1.82, 2.24) is 19.7 Å². The van der Waals surface area contributed by atoms with Crippen molar-refractivity contribution in [2.75, 3.05) is 18.0 Å². The summed E-state index contributed by atoms with van der Waals surface area (Å²) in [6.45, 7) is 1.26. The van der Waals surface area contributed by atoms with E-state index in [1.807, 2.05) is 11.6 Å². The van der Waals surface area contributed by atoms with E-state index in [2.05, 4.69) is 26.2 Å². The van der Waals surface area contributed by atoms with Crippen molar-refractivity contribution in [3.63, 3.8) is 0 Å². The highest BCUT2D eigenvalue weighted by Gasteiger charge is 2.28. The van der Waals surface area contributed by atoms with E-state index in [4.69, 9.17) is 5.14 Å². The molecule has 4 rings (SSSR count). The molecule has 9 nitrogen and oxygen atoms in total. The molecule has 2 N–H and O–H groups in total. The Morgan fingerprint density at radius 1 is 1.25 bits per heavy atom. The Labute approximate surface area is 185 Å². The summed E-state index contributed by atoms with van der Waals surface area (Å²) < 4.78 is 38.8. The molecule has 0 amide bonds. The number of hydrogen-bond acceptors (Lipinski definition) is 7. The molecule has 0 radical (unpaired) electrons. The van der Waals surface area contributed by atoms with Gasteiger partial charge in [0.1, 0.15) is 18.2 Å². The molecule has 0 aliphatic carbocycles. The molecule has 1 aliphatic heterocycles. The quantitative estimate of drug-likeness (QED) is 0.583. The molecule has 2 aromatic heterocycles. The summed E-state index contributed by atoms with van der Waals surface area (Å²) in [5, 5.41) is 23.4. The Kier molecular flexibility index (Phi) is 5.90. The number of nitriles is 1. The number of rotatable bonds is 5.